The highest BCUT2D eigenvalue weighted by atomic mass is 35.5. The summed E-state index contributed by atoms with van der Waals surface area (Å²) in [5, 5.41) is 21.6. The van der Waals surface area contributed by atoms with E-state index in [1.165, 1.54) is 15.7 Å². The number of aliphatic hydroxyl groups is 1. The number of nitrogens with one attached hydrogen (secondary N) is 1. The largest absolute Gasteiger partial charge is 0.503 e. The minimum absolute atomic E-state index is 0.0711. The molecule has 1 aliphatic heterocycles. The number of nitrogens with zero attached hydrogens (tertiary/aromatic N) is 2. The number of hydrogen-bond acceptors (Lipinski definition) is 5. The summed E-state index contributed by atoms with van der Waals surface area (Å²) in [6, 6.07) is 1.57. The average Bonchev–Trinajstić information content (AvgIpc) is 2.81. The second-order valence-electron chi connectivity index (χ2n) is 8.13. The van der Waals surface area contributed by atoms with Gasteiger partial charge in [0.2, 0.25) is 5.43 Å². The zero-order valence-electron chi connectivity index (χ0n) is 17.5. The SMILES string of the molecule is O=C(NCc1ccc(F)c(Cl)c1F)c1cn2c(c(O)c1=O)C(=O)N(CCO)[C@H]1CCCC[C@H]12. The molecule has 2 heterocycles. The fraction of sp³-hybridized carbons (Fsp3) is 0.409. The lowest BCUT2D eigenvalue weighted by Gasteiger charge is -2.45. The molecular weight excluding hydrogens is 460 g/mol. The zero-order valence-corrected chi connectivity index (χ0v) is 18.2. The molecular formula is C22H22ClF2N3O5. The predicted molar refractivity (Wildman–Crippen MR) is 114 cm³/mol. The van der Waals surface area contributed by atoms with Crippen LogP contribution >= 0.6 is 11.6 Å². The highest BCUT2D eigenvalue weighted by Crippen LogP contribution is 2.39. The number of fused-ring (bicyclic) bond motifs is 3. The number of carbonyl (C=O) groups excluding carboxylic acids is 2. The number of aromatic hydroxyl groups is 1. The molecule has 0 saturated heterocycles. The molecule has 4 rings (SSSR count). The van der Waals surface area contributed by atoms with Crippen molar-refractivity contribution in [1.29, 1.82) is 0 Å². The number of amides is 2. The molecule has 1 saturated carbocycles. The van der Waals surface area contributed by atoms with Crippen molar-refractivity contribution in [2.24, 2.45) is 0 Å². The Bertz CT molecular complexity index is 1190. The lowest BCUT2D eigenvalue weighted by molar-refractivity contribution is 0.0369. The van der Waals surface area contributed by atoms with Crippen LogP contribution in [0.4, 0.5) is 8.78 Å². The van der Waals surface area contributed by atoms with Gasteiger partial charge in [0.25, 0.3) is 11.8 Å². The quantitative estimate of drug-likeness (QED) is 0.568. The maximum Gasteiger partial charge on any atom is 0.274 e. The number of carbonyl (C=O) groups is 2. The van der Waals surface area contributed by atoms with Crippen molar-refractivity contribution in [3.63, 3.8) is 0 Å². The van der Waals surface area contributed by atoms with Crippen LogP contribution in [0.2, 0.25) is 5.02 Å². The van der Waals surface area contributed by atoms with E-state index in [1.54, 1.807) is 0 Å². The second kappa shape index (κ2) is 9.11. The Labute approximate surface area is 192 Å². The fourth-order valence-corrected chi connectivity index (χ4v) is 4.85. The summed E-state index contributed by atoms with van der Waals surface area (Å²) >= 11 is 5.55. The van der Waals surface area contributed by atoms with E-state index in [0.29, 0.717) is 12.8 Å². The third kappa shape index (κ3) is 3.97. The molecule has 0 radical (unpaired) electrons. The average molecular weight is 482 g/mol. The maximum atomic E-state index is 14.1. The smallest absolute Gasteiger partial charge is 0.274 e. The molecule has 2 aromatic rings. The first kappa shape index (κ1) is 23.2. The van der Waals surface area contributed by atoms with Crippen LogP contribution in [-0.2, 0) is 6.54 Å². The van der Waals surface area contributed by atoms with E-state index < -0.39 is 45.2 Å². The number of rotatable bonds is 5. The summed E-state index contributed by atoms with van der Waals surface area (Å²) in [5.74, 6) is -4.29. The van der Waals surface area contributed by atoms with Gasteiger partial charge in [-0.1, -0.05) is 30.5 Å². The molecule has 11 heteroatoms. The molecule has 2 atom stereocenters. The molecule has 1 aliphatic carbocycles. The molecule has 2 amide bonds. The van der Waals surface area contributed by atoms with Crippen LogP contribution in [0.25, 0.3) is 0 Å². The fourth-order valence-electron chi connectivity index (χ4n) is 4.67. The first-order chi connectivity index (χ1) is 15.8. The van der Waals surface area contributed by atoms with Gasteiger partial charge in [-0.15, -0.1) is 0 Å². The van der Waals surface area contributed by atoms with Crippen molar-refractivity contribution in [3.05, 3.63) is 62.0 Å². The van der Waals surface area contributed by atoms with E-state index in [1.807, 2.05) is 0 Å². The first-order valence-corrected chi connectivity index (χ1v) is 10.9. The molecule has 1 fully saturated rings. The van der Waals surface area contributed by atoms with Crippen LogP contribution in [0.1, 0.15) is 58.1 Å². The predicted octanol–water partition coefficient (Wildman–Crippen LogP) is 2.35. The molecule has 0 unspecified atom stereocenters. The summed E-state index contributed by atoms with van der Waals surface area (Å²) in [7, 11) is 0. The van der Waals surface area contributed by atoms with Crippen LogP contribution in [0.3, 0.4) is 0 Å². The van der Waals surface area contributed by atoms with Gasteiger partial charge in [-0.3, -0.25) is 14.4 Å². The van der Waals surface area contributed by atoms with Crippen LogP contribution < -0.4 is 10.7 Å². The summed E-state index contributed by atoms with van der Waals surface area (Å²) in [6.45, 7) is -0.562. The van der Waals surface area contributed by atoms with Gasteiger partial charge in [0.05, 0.1) is 18.7 Å². The number of pyridine rings is 1. The van der Waals surface area contributed by atoms with Crippen LogP contribution in [-0.4, -0.2) is 50.7 Å². The van der Waals surface area contributed by atoms with Gasteiger partial charge in [0.1, 0.15) is 22.2 Å². The summed E-state index contributed by atoms with van der Waals surface area (Å²) in [6.07, 6.45) is 4.35. The Hall–Kier alpha value is -2.98. The highest BCUT2D eigenvalue weighted by Gasteiger charge is 2.42. The summed E-state index contributed by atoms with van der Waals surface area (Å²) in [5.41, 5.74) is -1.75. The van der Waals surface area contributed by atoms with E-state index >= 15 is 0 Å². The first-order valence-electron chi connectivity index (χ1n) is 10.6. The van der Waals surface area contributed by atoms with Crippen molar-refractivity contribution < 1.29 is 28.6 Å². The third-order valence-corrected chi connectivity index (χ3v) is 6.61. The van der Waals surface area contributed by atoms with Crippen LogP contribution in [0.15, 0.2) is 23.1 Å². The molecule has 176 valence electrons. The molecule has 3 N–H and O–H groups in total. The van der Waals surface area contributed by atoms with Gasteiger partial charge in [0, 0.05) is 24.8 Å². The molecule has 0 bridgehead atoms. The second-order valence-corrected chi connectivity index (χ2v) is 8.51. The normalized spacial score (nSPS) is 19.8. The minimum Gasteiger partial charge on any atom is -0.503 e. The molecule has 0 spiro atoms. The molecule has 2 aliphatic rings. The van der Waals surface area contributed by atoms with E-state index in [9.17, 15) is 33.4 Å². The number of hydrogen-bond donors (Lipinski definition) is 3. The van der Waals surface area contributed by atoms with Crippen LogP contribution in [0.5, 0.6) is 5.75 Å². The van der Waals surface area contributed by atoms with Gasteiger partial charge in [-0.2, -0.15) is 0 Å². The van der Waals surface area contributed by atoms with Gasteiger partial charge in [0.15, 0.2) is 11.4 Å². The zero-order chi connectivity index (χ0) is 23.9. The Morgan fingerprint density at radius 2 is 1.88 bits per heavy atom. The number of β-amino-alcohol motifs (C(OH)–C–C–N with tert-alkyl or cyclic N) is 1. The van der Waals surface area contributed by atoms with Crippen molar-refractivity contribution in [1.82, 2.24) is 14.8 Å². The van der Waals surface area contributed by atoms with E-state index in [4.69, 9.17) is 11.6 Å². The Morgan fingerprint density at radius 3 is 2.58 bits per heavy atom. The number of aliphatic hydroxyl groups excluding tert-OH is 1. The molecule has 33 heavy (non-hydrogen) atoms. The molecule has 8 nitrogen and oxygen atoms in total. The van der Waals surface area contributed by atoms with Gasteiger partial charge >= 0.3 is 0 Å². The van der Waals surface area contributed by atoms with Crippen molar-refractivity contribution in [2.75, 3.05) is 13.2 Å². The van der Waals surface area contributed by atoms with Crippen molar-refractivity contribution >= 4 is 23.4 Å². The lowest BCUT2D eigenvalue weighted by atomic mass is 9.86. The lowest BCUT2D eigenvalue weighted by Crippen LogP contribution is -2.53. The Morgan fingerprint density at radius 1 is 1.18 bits per heavy atom. The van der Waals surface area contributed by atoms with E-state index in [-0.39, 0.29) is 43.0 Å². The minimum atomic E-state index is -1.04. The highest BCUT2D eigenvalue weighted by molar-refractivity contribution is 6.30. The number of aromatic nitrogens is 1. The van der Waals surface area contributed by atoms with Gasteiger partial charge in [-0.05, 0) is 18.9 Å². The van der Waals surface area contributed by atoms with Crippen LogP contribution in [0, 0.1) is 11.6 Å². The number of halogens is 3. The summed E-state index contributed by atoms with van der Waals surface area (Å²) < 4.78 is 28.9. The van der Waals surface area contributed by atoms with E-state index in [2.05, 4.69) is 5.32 Å². The van der Waals surface area contributed by atoms with Crippen molar-refractivity contribution in [2.45, 2.75) is 44.3 Å². The Balaban J connectivity index is 1.68. The number of benzene rings is 1. The molecule has 1 aromatic carbocycles. The monoisotopic (exact) mass is 481 g/mol. The standard InChI is InChI=1S/C22H22ClF2N3O5/c23-16-13(24)6-5-11(17(16)25)9-26-21(32)12-10-28-15-4-2-1-3-14(15)27(7-8-29)22(33)18(28)20(31)19(12)30/h5-6,10,14-15,29,31H,1-4,7-9H2,(H,26,32)/t14-,15+/m0/s1. The van der Waals surface area contributed by atoms with E-state index in [0.717, 1.165) is 25.0 Å². The van der Waals surface area contributed by atoms with Crippen molar-refractivity contribution in [3.8, 4) is 5.75 Å². The molecule has 1 aromatic heterocycles. The third-order valence-electron chi connectivity index (χ3n) is 6.27. The van der Waals surface area contributed by atoms with Gasteiger partial charge < -0.3 is 25.0 Å². The van der Waals surface area contributed by atoms with Gasteiger partial charge in [-0.25, -0.2) is 8.78 Å². The Kier molecular flexibility index (Phi) is 6.40. The maximum absolute atomic E-state index is 14.1. The summed E-state index contributed by atoms with van der Waals surface area (Å²) in [4.78, 5) is 40.0. The topological polar surface area (TPSA) is 112 Å².